The topological polar surface area (TPSA) is 65.6 Å². The van der Waals surface area contributed by atoms with Crippen molar-refractivity contribution in [2.24, 2.45) is 0 Å². The van der Waals surface area contributed by atoms with Gasteiger partial charge in [-0.1, -0.05) is 36.4 Å². The van der Waals surface area contributed by atoms with Crippen LogP contribution in [0.15, 0.2) is 54.7 Å². The molecule has 2 aromatic carbocycles. The molecule has 1 atom stereocenters. The second-order valence-electron chi connectivity index (χ2n) is 8.09. The smallest absolute Gasteiger partial charge is 0.330 e. The Bertz CT molecular complexity index is 1070. The molecule has 0 bridgehead atoms. The number of para-hydroxylation sites is 1. The summed E-state index contributed by atoms with van der Waals surface area (Å²) in [6, 6.07) is 15.1. The van der Waals surface area contributed by atoms with E-state index in [9.17, 15) is 9.90 Å². The van der Waals surface area contributed by atoms with Crippen molar-refractivity contribution >= 4 is 22.9 Å². The SMILES string of the molecule is COC(=O)C=Cc1ccc2c(c1)CCCC2N(CCO)CCc1c[nH]c2ccccc12. The van der Waals surface area contributed by atoms with E-state index in [2.05, 4.69) is 57.2 Å². The van der Waals surface area contributed by atoms with Crippen LogP contribution < -0.4 is 0 Å². The molecule has 0 spiro atoms. The summed E-state index contributed by atoms with van der Waals surface area (Å²) >= 11 is 0. The number of nitrogens with one attached hydrogen (secondary N) is 1. The lowest BCUT2D eigenvalue weighted by Gasteiger charge is -2.36. The number of aryl methyl sites for hydroxylation is 1. The van der Waals surface area contributed by atoms with E-state index in [1.54, 1.807) is 6.08 Å². The minimum Gasteiger partial charge on any atom is -0.466 e. The molecule has 162 valence electrons. The molecule has 1 aliphatic carbocycles. The van der Waals surface area contributed by atoms with Crippen LogP contribution in [0.5, 0.6) is 0 Å². The monoisotopic (exact) mass is 418 g/mol. The molecule has 31 heavy (non-hydrogen) atoms. The molecule has 1 aromatic heterocycles. The molecule has 0 saturated heterocycles. The number of aromatic amines is 1. The van der Waals surface area contributed by atoms with Crippen molar-refractivity contribution in [3.63, 3.8) is 0 Å². The third-order valence-corrected chi connectivity index (χ3v) is 6.23. The van der Waals surface area contributed by atoms with E-state index in [1.807, 2.05) is 6.07 Å². The number of fused-ring (bicyclic) bond motifs is 2. The molecule has 5 heteroatoms. The number of H-pyrrole nitrogens is 1. The van der Waals surface area contributed by atoms with Crippen LogP contribution in [0, 0.1) is 0 Å². The van der Waals surface area contributed by atoms with Gasteiger partial charge in [-0.25, -0.2) is 4.79 Å². The largest absolute Gasteiger partial charge is 0.466 e. The summed E-state index contributed by atoms with van der Waals surface area (Å²) < 4.78 is 4.69. The molecule has 1 heterocycles. The van der Waals surface area contributed by atoms with Crippen molar-refractivity contribution in [2.45, 2.75) is 31.7 Å². The highest BCUT2D eigenvalue weighted by Gasteiger charge is 2.26. The van der Waals surface area contributed by atoms with Gasteiger partial charge in [0.05, 0.1) is 13.7 Å². The number of aliphatic hydroxyl groups excluding tert-OH is 1. The lowest BCUT2D eigenvalue weighted by Crippen LogP contribution is -2.35. The van der Waals surface area contributed by atoms with Crippen LogP contribution in [0.4, 0.5) is 0 Å². The number of rotatable bonds is 8. The number of nitrogens with zero attached hydrogens (tertiary/aromatic N) is 1. The minimum atomic E-state index is -0.345. The van der Waals surface area contributed by atoms with Crippen LogP contribution >= 0.6 is 0 Å². The molecule has 5 nitrogen and oxygen atoms in total. The Morgan fingerprint density at radius 3 is 2.97 bits per heavy atom. The Hall–Kier alpha value is -2.89. The molecule has 2 N–H and O–H groups in total. The Labute approximate surface area is 183 Å². The highest BCUT2D eigenvalue weighted by Crippen LogP contribution is 2.35. The number of methoxy groups -OCH3 is 1. The number of esters is 1. The number of benzene rings is 2. The first-order valence-corrected chi connectivity index (χ1v) is 11.0. The van der Waals surface area contributed by atoms with Crippen LogP contribution in [0.3, 0.4) is 0 Å². The lowest BCUT2D eigenvalue weighted by molar-refractivity contribution is -0.134. The van der Waals surface area contributed by atoms with Gasteiger partial charge in [0.1, 0.15) is 0 Å². The van der Waals surface area contributed by atoms with Crippen LogP contribution in [0.1, 0.15) is 41.1 Å². The fourth-order valence-electron chi connectivity index (χ4n) is 4.68. The fraction of sp³-hybridized carbons (Fsp3) is 0.346. The summed E-state index contributed by atoms with van der Waals surface area (Å²) in [6.45, 7) is 1.71. The summed E-state index contributed by atoms with van der Waals surface area (Å²) in [6.07, 6.45) is 9.57. The Morgan fingerprint density at radius 1 is 1.26 bits per heavy atom. The van der Waals surface area contributed by atoms with Gasteiger partial charge in [-0.05, 0) is 60.1 Å². The summed E-state index contributed by atoms with van der Waals surface area (Å²) in [5.41, 5.74) is 6.17. The van der Waals surface area contributed by atoms with E-state index < -0.39 is 0 Å². The second kappa shape index (κ2) is 9.94. The third-order valence-electron chi connectivity index (χ3n) is 6.23. The molecule has 1 aliphatic rings. The number of carbonyl (C=O) groups excluding carboxylic acids is 1. The molecule has 4 rings (SSSR count). The van der Waals surface area contributed by atoms with Gasteiger partial charge in [-0.2, -0.15) is 0 Å². The van der Waals surface area contributed by atoms with Crippen LogP contribution in [0.2, 0.25) is 0 Å². The predicted octanol–water partition coefficient (Wildman–Crippen LogP) is 4.27. The van der Waals surface area contributed by atoms with Gasteiger partial charge in [0, 0.05) is 42.3 Å². The van der Waals surface area contributed by atoms with E-state index in [0.717, 1.165) is 37.8 Å². The van der Waals surface area contributed by atoms with E-state index in [-0.39, 0.29) is 12.6 Å². The fourth-order valence-corrected chi connectivity index (χ4v) is 4.68. The number of carbonyl (C=O) groups is 1. The zero-order chi connectivity index (χ0) is 21.6. The molecule has 0 radical (unpaired) electrons. The second-order valence-corrected chi connectivity index (χ2v) is 8.09. The normalized spacial score (nSPS) is 16.2. The predicted molar refractivity (Wildman–Crippen MR) is 124 cm³/mol. The molecule has 0 saturated carbocycles. The van der Waals surface area contributed by atoms with Crippen LogP contribution in [-0.4, -0.2) is 47.8 Å². The summed E-state index contributed by atoms with van der Waals surface area (Å²) in [7, 11) is 1.39. The van der Waals surface area contributed by atoms with E-state index >= 15 is 0 Å². The van der Waals surface area contributed by atoms with Crippen molar-refractivity contribution in [2.75, 3.05) is 26.8 Å². The molecule has 0 amide bonds. The zero-order valence-electron chi connectivity index (χ0n) is 18.0. The molecular formula is C26H30N2O3. The first-order valence-electron chi connectivity index (χ1n) is 11.0. The van der Waals surface area contributed by atoms with Gasteiger partial charge in [0.15, 0.2) is 0 Å². The van der Waals surface area contributed by atoms with E-state index in [0.29, 0.717) is 12.6 Å². The van der Waals surface area contributed by atoms with Crippen molar-refractivity contribution in [3.8, 4) is 0 Å². The number of aliphatic hydroxyl groups is 1. The molecular weight excluding hydrogens is 388 g/mol. The van der Waals surface area contributed by atoms with E-state index in [4.69, 9.17) is 0 Å². The molecule has 1 unspecified atom stereocenters. The standard InChI is InChI=1S/C26H30N2O3/c1-31-26(30)12-10-19-9-11-23-20(17-19)5-4-8-25(23)28(15-16-29)14-13-21-18-27-24-7-3-2-6-22(21)24/h2-3,6-7,9-12,17-18,25,27,29H,4-5,8,13-16H2,1H3. The Balaban J connectivity index is 1.52. The maximum atomic E-state index is 11.4. The Morgan fingerprint density at radius 2 is 2.13 bits per heavy atom. The lowest BCUT2D eigenvalue weighted by atomic mass is 9.85. The third kappa shape index (κ3) is 4.89. The minimum absolute atomic E-state index is 0.152. The average Bonchev–Trinajstić information content (AvgIpc) is 3.22. The molecule has 0 aliphatic heterocycles. The number of aromatic nitrogens is 1. The van der Waals surface area contributed by atoms with Crippen molar-refractivity contribution in [1.82, 2.24) is 9.88 Å². The van der Waals surface area contributed by atoms with Gasteiger partial charge < -0.3 is 14.8 Å². The van der Waals surface area contributed by atoms with Gasteiger partial charge in [0.25, 0.3) is 0 Å². The van der Waals surface area contributed by atoms with Crippen LogP contribution in [-0.2, 0) is 22.4 Å². The van der Waals surface area contributed by atoms with E-state index in [1.165, 1.54) is 40.8 Å². The highest BCUT2D eigenvalue weighted by atomic mass is 16.5. The number of hydrogen-bond donors (Lipinski definition) is 2. The first-order chi connectivity index (χ1) is 15.2. The summed E-state index contributed by atoms with van der Waals surface area (Å²) in [4.78, 5) is 17.2. The first kappa shape index (κ1) is 21.3. The zero-order valence-corrected chi connectivity index (χ0v) is 18.0. The maximum Gasteiger partial charge on any atom is 0.330 e. The quantitative estimate of drug-likeness (QED) is 0.424. The van der Waals surface area contributed by atoms with Gasteiger partial charge in [-0.3, -0.25) is 4.90 Å². The van der Waals surface area contributed by atoms with Gasteiger partial charge in [0.2, 0.25) is 0 Å². The van der Waals surface area contributed by atoms with Crippen LogP contribution in [0.25, 0.3) is 17.0 Å². The Kier molecular flexibility index (Phi) is 6.85. The van der Waals surface area contributed by atoms with Crippen molar-refractivity contribution < 1.29 is 14.6 Å². The molecule has 0 fully saturated rings. The van der Waals surface area contributed by atoms with Crippen molar-refractivity contribution in [3.05, 3.63) is 77.0 Å². The number of hydrogen-bond acceptors (Lipinski definition) is 4. The van der Waals surface area contributed by atoms with Crippen molar-refractivity contribution in [1.29, 1.82) is 0 Å². The van der Waals surface area contributed by atoms with Gasteiger partial charge >= 0.3 is 5.97 Å². The highest BCUT2D eigenvalue weighted by molar-refractivity contribution is 5.87. The number of ether oxygens (including phenoxy) is 1. The molecule has 3 aromatic rings. The summed E-state index contributed by atoms with van der Waals surface area (Å²) in [5.74, 6) is -0.345. The summed E-state index contributed by atoms with van der Waals surface area (Å²) in [5, 5.41) is 11.0. The van der Waals surface area contributed by atoms with Gasteiger partial charge in [-0.15, -0.1) is 0 Å². The maximum absolute atomic E-state index is 11.4. The average molecular weight is 419 g/mol.